The molecule has 0 aromatic heterocycles. The summed E-state index contributed by atoms with van der Waals surface area (Å²) in [5.41, 5.74) is 2.66. The molecule has 0 fully saturated rings. The zero-order chi connectivity index (χ0) is 5.11. The normalized spacial score (nSPS) is 17.0. The van der Waals surface area contributed by atoms with E-state index in [1.54, 1.807) is 18.5 Å². The van der Waals surface area contributed by atoms with Crippen molar-refractivity contribution in [2.24, 2.45) is 0 Å². The number of hydrazine groups is 1. The summed E-state index contributed by atoms with van der Waals surface area (Å²) in [7, 11) is 0. The third kappa shape index (κ3) is 1.12. The molecule has 37 valence electrons. The molecule has 1 radical (unpaired) electrons. The molecule has 0 saturated heterocycles. The Hall–Kier alpha value is -0.630. The van der Waals surface area contributed by atoms with Gasteiger partial charge in [-0.3, -0.25) is 5.43 Å². The maximum absolute atomic E-state index is 5.38. The van der Waals surface area contributed by atoms with Crippen molar-refractivity contribution in [1.82, 2.24) is 9.95 Å². The molecule has 2 nitrogen and oxygen atoms in total. The fourth-order valence-corrected chi connectivity index (χ4v) is 0.404. The summed E-state index contributed by atoms with van der Waals surface area (Å²) in [5.74, 6) is 0. The third-order valence-corrected chi connectivity index (χ3v) is 0.783. The van der Waals surface area contributed by atoms with Crippen LogP contribution in [0.25, 0.3) is 0 Å². The minimum atomic E-state index is 1.32. The molecule has 1 heterocycles. The van der Waals surface area contributed by atoms with Gasteiger partial charge in [-0.05, 0) is 6.08 Å². The number of hydrogen-bond donors (Lipinski definition) is 1. The van der Waals surface area contributed by atoms with Gasteiger partial charge < -0.3 is 0 Å². The number of nitrogens with zero attached hydrogens (tertiary/aromatic N) is 1. The van der Waals surface area contributed by atoms with Gasteiger partial charge in [-0.25, -0.2) is 4.53 Å². The SMILES string of the molecule is ClN1C=C[C]=CN1. The molecule has 1 rings (SSSR count). The Kier molecular flexibility index (Phi) is 1.22. The van der Waals surface area contributed by atoms with E-state index in [0.29, 0.717) is 0 Å². The molecule has 7 heavy (non-hydrogen) atoms. The summed E-state index contributed by atoms with van der Waals surface area (Å²) >= 11 is 5.38. The van der Waals surface area contributed by atoms with Gasteiger partial charge in [0.05, 0.1) is 0 Å². The van der Waals surface area contributed by atoms with Gasteiger partial charge in [0.25, 0.3) is 0 Å². The van der Waals surface area contributed by atoms with Crippen LogP contribution in [0, 0.1) is 6.08 Å². The Morgan fingerprint density at radius 3 is 2.86 bits per heavy atom. The predicted octanol–water partition coefficient (Wildman–Crippen LogP) is 0.791. The van der Waals surface area contributed by atoms with E-state index in [1.165, 1.54) is 4.53 Å². The lowest BCUT2D eigenvalue weighted by Gasteiger charge is -2.10. The molecule has 3 heteroatoms. The largest absolute Gasteiger partial charge is 0.291 e. The second kappa shape index (κ2) is 1.89. The molecule has 0 unspecified atom stereocenters. The zero-order valence-corrected chi connectivity index (χ0v) is 4.31. The maximum Gasteiger partial charge on any atom is 0.0405 e. The van der Waals surface area contributed by atoms with E-state index < -0.39 is 0 Å². The maximum atomic E-state index is 5.38. The second-order valence-corrected chi connectivity index (χ2v) is 1.43. The van der Waals surface area contributed by atoms with Crippen molar-refractivity contribution < 1.29 is 0 Å². The Bertz CT molecular complexity index is 108. The van der Waals surface area contributed by atoms with Crippen LogP contribution in [-0.2, 0) is 0 Å². The minimum absolute atomic E-state index is 1.32. The smallest absolute Gasteiger partial charge is 0.0405 e. The van der Waals surface area contributed by atoms with Crippen LogP contribution in [-0.4, -0.2) is 4.53 Å². The first-order chi connectivity index (χ1) is 3.39. The number of halogens is 1. The first kappa shape index (κ1) is 4.53. The Balaban J connectivity index is 2.49. The molecule has 1 aliphatic rings. The molecule has 0 aromatic carbocycles. The Morgan fingerprint density at radius 1 is 1.71 bits per heavy atom. The summed E-state index contributed by atoms with van der Waals surface area (Å²) in [5, 5.41) is 0. The molecule has 0 amide bonds. The van der Waals surface area contributed by atoms with Crippen molar-refractivity contribution in [2.45, 2.75) is 0 Å². The van der Waals surface area contributed by atoms with Crippen molar-refractivity contribution >= 4 is 11.8 Å². The summed E-state index contributed by atoms with van der Waals surface area (Å²) < 4.78 is 1.32. The van der Waals surface area contributed by atoms with Crippen LogP contribution in [0.1, 0.15) is 0 Å². The first-order valence-corrected chi connectivity index (χ1v) is 2.19. The van der Waals surface area contributed by atoms with Crippen LogP contribution in [0.2, 0.25) is 0 Å². The lowest BCUT2D eigenvalue weighted by Crippen LogP contribution is -2.19. The van der Waals surface area contributed by atoms with Gasteiger partial charge in [-0.2, -0.15) is 0 Å². The third-order valence-electron chi connectivity index (χ3n) is 0.573. The molecule has 1 N–H and O–H groups in total. The number of rotatable bonds is 0. The van der Waals surface area contributed by atoms with Crippen LogP contribution in [0.4, 0.5) is 0 Å². The summed E-state index contributed by atoms with van der Waals surface area (Å²) in [4.78, 5) is 0. The Morgan fingerprint density at radius 2 is 2.57 bits per heavy atom. The van der Waals surface area contributed by atoms with E-state index >= 15 is 0 Å². The van der Waals surface area contributed by atoms with Gasteiger partial charge in [-0.15, -0.1) is 0 Å². The van der Waals surface area contributed by atoms with Crippen LogP contribution >= 0.6 is 11.8 Å². The van der Waals surface area contributed by atoms with E-state index in [9.17, 15) is 0 Å². The van der Waals surface area contributed by atoms with Gasteiger partial charge in [0.2, 0.25) is 0 Å². The zero-order valence-electron chi connectivity index (χ0n) is 3.56. The van der Waals surface area contributed by atoms with Crippen molar-refractivity contribution in [3.8, 4) is 0 Å². The molecule has 1 aliphatic heterocycles. The van der Waals surface area contributed by atoms with Crippen molar-refractivity contribution in [3.05, 3.63) is 24.6 Å². The summed E-state index contributed by atoms with van der Waals surface area (Å²) in [6, 6.07) is 0. The highest BCUT2D eigenvalue weighted by Gasteiger charge is 1.87. The average Bonchev–Trinajstić information content (AvgIpc) is 1.69. The van der Waals surface area contributed by atoms with E-state index in [1.807, 2.05) is 0 Å². The quantitative estimate of drug-likeness (QED) is 0.470. The van der Waals surface area contributed by atoms with Crippen molar-refractivity contribution in [2.75, 3.05) is 0 Å². The lowest BCUT2D eigenvalue weighted by atomic mass is 10.5. The lowest BCUT2D eigenvalue weighted by molar-refractivity contribution is 0.514. The summed E-state index contributed by atoms with van der Waals surface area (Å²) in [6.45, 7) is 0. The van der Waals surface area contributed by atoms with Crippen LogP contribution in [0.5, 0.6) is 0 Å². The van der Waals surface area contributed by atoms with Crippen LogP contribution < -0.4 is 5.43 Å². The highest BCUT2D eigenvalue weighted by atomic mass is 35.5. The number of hydrogen-bond acceptors (Lipinski definition) is 2. The molecular weight excluding hydrogens is 112 g/mol. The van der Waals surface area contributed by atoms with E-state index in [0.717, 1.165) is 0 Å². The van der Waals surface area contributed by atoms with Gasteiger partial charge in [0.1, 0.15) is 0 Å². The van der Waals surface area contributed by atoms with Crippen molar-refractivity contribution in [3.63, 3.8) is 0 Å². The standard InChI is InChI=1S/C4H4ClN2/c5-7-4-2-1-3-6-7/h2-4,6H. The second-order valence-electron chi connectivity index (χ2n) is 1.07. The molecular formula is C4H4ClN2. The highest BCUT2D eigenvalue weighted by Crippen LogP contribution is 1.92. The number of nitrogens with one attached hydrogen (secondary N) is 1. The van der Waals surface area contributed by atoms with Crippen molar-refractivity contribution in [1.29, 1.82) is 0 Å². The molecule has 0 saturated carbocycles. The molecule has 0 aromatic rings. The fourth-order valence-electron chi connectivity index (χ4n) is 0.299. The minimum Gasteiger partial charge on any atom is -0.291 e. The van der Waals surface area contributed by atoms with E-state index in [-0.39, 0.29) is 0 Å². The molecule has 0 atom stereocenters. The van der Waals surface area contributed by atoms with Gasteiger partial charge in [0.15, 0.2) is 0 Å². The monoisotopic (exact) mass is 115 g/mol. The molecule has 0 spiro atoms. The van der Waals surface area contributed by atoms with E-state index in [2.05, 4.69) is 11.5 Å². The average molecular weight is 116 g/mol. The predicted molar refractivity (Wildman–Crippen MR) is 27.8 cm³/mol. The fraction of sp³-hybridized carbons (Fsp3) is 0. The first-order valence-electron chi connectivity index (χ1n) is 1.85. The summed E-state index contributed by atoms with van der Waals surface area (Å²) in [6.07, 6.45) is 7.76. The van der Waals surface area contributed by atoms with Gasteiger partial charge >= 0.3 is 0 Å². The van der Waals surface area contributed by atoms with Gasteiger partial charge in [-0.1, -0.05) is 0 Å². The molecule has 0 bridgehead atoms. The van der Waals surface area contributed by atoms with Crippen LogP contribution in [0.3, 0.4) is 0 Å². The highest BCUT2D eigenvalue weighted by molar-refractivity contribution is 6.13. The molecule has 0 aliphatic carbocycles. The topological polar surface area (TPSA) is 15.3 Å². The van der Waals surface area contributed by atoms with Crippen LogP contribution in [0.15, 0.2) is 18.5 Å². The van der Waals surface area contributed by atoms with E-state index in [4.69, 9.17) is 11.8 Å². The van der Waals surface area contributed by atoms with Gasteiger partial charge in [0, 0.05) is 30.3 Å². The Labute approximate surface area is 47.1 Å². The number of allylic oxidation sites excluding steroid dienone is 2.